The molecular weight excluding hydrogens is 356 g/mol. The summed E-state index contributed by atoms with van der Waals surface area (Å²) < 4.78 is 0. The number of hydrogen-bond donors (Lipinski definition) is 2. The largest absolute Gasteiger partial charge is 0.325 e. The summed E-state index contributed by atoms with van der Waals surface area (Å²) in [7, 11) is 0. The minimum absolute atomic E-state index is 0.0371. The Bertz CT molecular complexity index is 801. The van der Waals surface area contributed by atoms with Crippen LogP contribution >= 0.6 is 11.8 Å². The Morgan fingerprint density at radius 3 is 2.33 bits per heavy atom. The minimum Gasteiger partial charge on any atom is -0.325 e. The molecule has 3 N–H and O–H groups in total. The number of carbonyl (C=O) groups is 2. The van der Waals surface area contributed by atoms with Crippen LogP contribution in [-0.2, 0) is 9.59 Å². The lowest BCUT2D eigenvalue weighted by Gasteiger charge is -2.32. The third-order valence-electron chi connectivity index (χ3n) is 5.26. The number of amides is 1. The van der Waals surface area contributed by atoms with E-state index >= 15 is 0 Å². The van der Waals surface area contributed by atoms with Crippen molar-refractivity contribution in [3.63, 3.8) is 0 Å². The van der Waals surface area contributed by atoms with Gasteiger partial charge in [0, 0.05) is 10.3 Å². The molecule has 2 aromatic rings. The minimum atomic E-state index is -0.698. The van der Waals surface area contributed by atoms with Crippen molar-refractivity contribution in [3.8, 4) is 0 Å². The van der Waals surface area contributed by atoms with E-state index in [1.54, 1.807) is 0 Å². The maximum atomic E-state index is 12.9. The second-order valence-corrected chi connectivity index (χ2v) is 8.43. The molecule has 0 bridgehead atoms. The lowest BCUT2D eigenvalue weighted by atomic mass is 9.75. The van der Waals surface area contributed by atoms with E-state index in [9.17, 15) is 9.59 Å². The van der Waals surface area contributed by atoms with Gasteiger partial charge in [-0.25, -0.2) is 0 Å². The highest BCUT2D eigenvalue weighted by Crippen LogP contribution is 2.38. The summed E-state index contributed by atoms with van der Waals surface area (Å²) in [6.07, 6.45) is 5.19. The van der Waals surface area contributed by atoms with E-state index in [-0.39, 0.29) is 16.4 Å². The molecule has 0 unspecified atom stereocenters. The van der Waals surface area contributed by atoms with Crippen molar-refractivity contribution in [3.05, 3.63) is 60.2 Å². The first-order valence-electron chi connectivity index (χ1n) is 9.42. The van der Waals surface area contributed by atoms with Gasteiger partial charge < -0.3 is 11.1 Å². The topological polar surface area (TPSA) is 72.2 Å². The Labute approximate surface area is 164 Å². The predicted molar refractivity (Wildman–Crippen MR) is 110 cm³/mol. The number of hydrogen-bond acceptors (Lipinski definition) is 4. The Morgan fingerprint density at radius 2 is 1.63 bits per heavy atom. The summed E-state index contributed by atoms with van der Waals surface area (Å²) in [4.78, 5) is 26.2. The zero-order valence-electron chi connectivity index (χ0n) is 15.6. The Balaban J connectivity index is 1.72. The van der Waals surface area contributed by atoms with Crippen LogP contribution in [-0.4, -0.2) is 11.0 Å². The first-order chi connectivity index (χ1) is 13.0. The second-order valence-electron chi connectivity index (χ2n) is 7.38. The maximum Gasteiger partial charge on any atom is 0.230 e. The van der Waals surface area contributed by atoms with Crippen LogP contribution in [0.5, 0.6) is 0 Å². The van der Waals surface area contributed by atoms with Crippen LogP contribution in [0.25, 0.3) is 0 Å². The molecule has 1 atom stereocenters. The average molecular weight is 383 g/mol. The van der Waals surface area contributed by atoms with E-state index in [1.165, 1.54) is 6.42 Å². The van der Waals surface area contributed by atoms with Gasteiger partial charge in [-0.05, 0) is 42.3 Å². The molecule has 1 saturated carbocycles. The van der Waals surface area contributed by atoms with E-state index in [0.717, 1.165) is 47.9 Å². The van der Waals surface area contributed by atoms with E-state index in [2.05, 4.69) is 5.32 Å². The number of nitrogens with one attached hydrogen (secondary N) is 1. The molecule has 1 fully saturated rings. The average Bonchev–Trinajstić information content (AvgIpc) is 2.70. The van der Waals surface area contributed by atoms with E-state index < -0.39 is 6.04 Å². The molecule has 0 heterocycles. The highest BCUT2D eigenvalue weighted by atomic mass is 32.2. The summed E-state index contributed by atoms with van der Waals surface area (Å²) in [6, 6.07) is 16.0. The number of nitrogens with two attached hydrogens (primary N) is 1. The van der Waals surface area contributed by atoms with Crippen LogP contribution in [0.3, 0.4) is 0 Å². The van der Waals surface area contributed by atoms with Gasteiger partial charge >= 0.3 is 0 Å². The Hall–Kier alpha value is -2.11. The fourth-order valence-electron chi connectivity index (χ4n) is 3.46. The summed E-state index contributed by atoms with van der Waals surface area (Å²) in [5.41, 5.74) is 7.24. The van der Waals surface area contributed by atoms with Crippen LogP contribution in [0.15, 0.2) is 59.5 Å². The van der Waals surface area contributed by atoms with Gasteiger partial charge in [0.1, 0.15) is 6.04 Å². The van der Waals surface area contributed by atoms with Gasteiger partial charge in [-0.1, -0.05) is 68.7 Å². The quantitative estimate of drug-likeness (QED) is 0.721. The molecule has 3 rings (SSSR count). The second kappa shape index (κ2) is 8.72. The van der Waals surface area contributed by atoms with Crippen molar-refractivity contribution in [1.29, 1.82) is 0 Å². The Kier molecular flexibility index (Phi) is 6.34. The van der Waals surface area contributed by atoms with Crippen molar-refractivity contribution in [2.24, 2.45) is 11.1 Å². The molecule has 5 heteroatoms. The third kappa shape index (κ3) is 4.79. The molecule has 0 spiro atoms. The highest BCUT2D eigenvalue weighted by Gasteiger charge is 2.34. The molecule has 0 aliphatic heterocycles. The summed E-state index contributed by atoms with van der Waals surface area (Å²) in [5.74, 6) is 0.0371. The first-order valence-corrected chi connectivity index (χ1v) is 10.2. The molecule has 1 aliphatic carbocycles. The van der Waals surface area contributed by atoms with Gasteiger partial charge in [-0.2, -0.15) is 0 Å². The zero-order chi connectivity index (χ0) is 19.3. The monoisotopic (exact) mass is 382 g/mol. The van der Waals surface area contributed by atoms with Gasteiger partial charge in [0.05, 0.1) is 5.69 Å². The van der Waals surface area contributed by atoms with Crippen molar-refractivity contribution in [2.45, 2.75) is 50.0 Å². The lowest BCUT2D eigenvalue weighted by Crippen LogP contribution is -2.35. The Morgan fingerprint density at radius 1 is 1.00 bits per heavy atom. The molecule has 27 heavy (non-hydrogen) atoms. The number of carbonyl (C=O) groups excluding carboxylic acids is 2. The molecular formula is C22H26N2O2S. The van der Waals surface area contributed by atoms with Crippen LogP contribution in [0, 0.1) is 5.41 Å². The van der Waals surface area contributed by atoms with Crippen molar-refractivity contribution in [2.75, 3.05) is 5.32 Å². The van der Waals surface area contributed by atoms with Crippen molar-refractivity contribution in [1.82, 2.24) is 0 Å². The van der Waals surface area contributed by atoms with Crippen molar-refractivity contribution < 1.29 is 9.59 Å². The van der Waals surface area contributed by atoms with Gasteiger partial charge in [-0.15, -0.1) is 0 Å². The first kappa shape index (κ1) is 19.6. The zero-order valence-corrected chi connectivity index (χ0v) is 16.4. The van der Waals surface area contributed by atoms with Crippen LogP contribution < -0.4 is 11.1 Å². The smallest absolute Gasteiger partial charge is 0.230 e. The number of para-hydroxylation sites is 1. The van der Waals surface area contributed by atoms with Gasteiger partial charge in [-0.3, -0.25) is 9.59 Å². The number of benzene rings is 2. The summed E-state index contributed by atoms with van der Waals surface area (Å²) in [6.45, 7) is 2.04. The molecule has 0 radical (unpaired) electrons. The molecule has 0 saturated heterocycles. The van der Waals surface area contributed by atoms with E-state index in [1.807, 2.05) is 61.5 Å². The maximum absolute atomic E-state index is 12.9. The molecule has 1 amide bonds. The molecule has 2 aromatic carbocycles. The van der Waals surface area contributed by atoms with E-state index in [4.69, 9.17) is 5.73 Å². The molecule has 0 aromatic heterocycles. The lowest BCUT2D eigenvalue weighted by molar-refractivity contribution is -0.126. The van der Waals surface area contributed by atoms with Gasteiger partial charge in [0.2, 0.25) is 11.0 Å². The van der Waals surface area contributed by atoms with Crippen molar-refractivity contribution >= 4 is 28.5 Å². The van der Waals surface area contributed by atoms with Gasteiger partial charge in [0.15, 0.2) is 0 Å². The van der Waals surface area contributed by atoms with Crippen LogP contribution in [0.1, 0.15) is 50.6 Å². The number of rotatable bonds is 5. The molecule has 142 valence electrons. The fraction of sp³-hybridized carbons (Fsp3) is 0.364. The normalized spacial score (nSPS) is 17.1. The predicted octanol–water partition coefficient (Wildman–Crippen LogP) is 4.91. The van der Waals surface area contributed by atoms with Gasteiger partial charge in [0.25, 0.3) is 0 Å². The fourth-order valence-corrected chi connectivity index (χ4v) is 4.32. The van der Waals surface area contributed by atoms with Crippen LogP contribution in [0.4, 0.5) is 5.69 Å². The third-order valence-corrected chi connectivity index (χ3v) is 6.29. The standard InChI is InChI=1S/C22H26N2O2S/c1-22(14-8-3-9-15-22)21(26)24-17-12-6-7-13-18(17)27-20(25)19(23)16-10-4-2-5-11-16/h2,4-7,10-13,19H,3,8-9,14-15,23H2,1H3,(H,24,26)/t19-/m1/s1. The summed E-state index contributed by atoms with van der Waals surface area (Å²) in [5, 5.41) is 2.91. The number of anilines is 1. The highest BCUT2D eigenvalue weighted by molar-refractivity contribution is 8.13. The molecule has 4 nitrogen and oxygen atoms in total. The number of thioether (sulfide) groups is 1. The summed E-state index contributed by atoms with van der Waals surface area (Å²) >= 11 is 1.08. The van der Waals surface area contributed by atoms with Crippen LogP contribution in [0.2, 0.25) is 0 Å². The van der Waals surface area contributed by atoms with E-state index in [0.29, 0.717) is 5.69 Å². The molecule has 1 aliphatic rings. The SMILES string of the molecule is CC1(C(=O)Nc2ccccc2SC(=O)[C@H](N)c2ccccc2)CCCCC1.